The Bertz CT molecular complexity index is 647. The van der Waals surface area contributed by atoms with Gasteiger partial charge in [-0.1, -0.05) is 54.6 Å². The van der Waals surface area contributed by atoms with Crippen LogP contribution >= 0.6 is 0 Å². The summed E-state index contributed by atoms with van der Waals surface area (Å²) in [6.07, 6.45) is 1.53. The van der Waals surface area contributed by atoms with E-state index in [1.165, 1.54) is 0 Å². The van der Waals surface area contributed by atoms with E-state index in [1.54, 1.807) is 6.07 Å². The molecule has 3 rings (SSSR count). The smallest absolute Gasteiger partial charge is 0.249 e. The third kappa shape index (κ3) is 1.70. The van der Waals surface area contributed by atoms with Crippen molar-refractivity contribution < 1.29 is 6.17 Å². The molecule has 18 heavy (non-hydrogen) atoms. The summed E-state index contributed by atoms with van der Waals surface area (Å²) in [4.78, 5) is 11.5. The maximum absolute atomic E-state index is 11.5. The van der Waals surface area contributed by atoms with Crippen molar-refractivity contribution in [2.75, 3.05) is 0 Å². The molecule has 1 amide bonds. The zero-order chi connectivity index (χ0) is 13.5. The molecule has 1 aliphatic carbocycles. The van der Waals surface area contributed by atoms with Gasteiger partial charge in [0.15, 0.2) is 0 Å². The highest BCUT2D eigenvalue weighted by Crippen LogP contribution is 2.48. The molecule has 0 atom stereocenters. The summed E-state index contributed by atoms with van der Waals surface area (Å²) in [5, 5.41) is 0. The summed E-state index contributed by atoms with van der Waals surface area (Å²) < 4.78 is 7.93. The first-order chi connectivity index (χ1) is 9.13. The number of benzene rings is 2. The molecule has 0 bridgehead atoms. The van der Waals surface area contributed by atoms with Gasteiger partial charge in [0.25, 0.3) is 0 Å². The number of nitrogens with one attached hydrogen (secondary N) is 1. The topological polar surface area (TPSA) is 40.9 Å². The van der Waals surface area contributed by atoms with E-state index in [-0.39, 0.29) is 0 Å². The largest absolute Gasteiger partial charge is 0.272 e. The molecule has 0 aromatic heterocycles. The highest BCUT2D eigenvalue weighted by atomic mass is 16.1. The zero-order valence-electron chi connectivity index (χ0n) is 10.9. The predicted molar refractivity (Wildman–Crippen MR) is 70.9 cm³/mol. The number of carbonyl (C=O) groups excluding carboxylic acids is 1. The Balaban J connectivity index is 2.07. The first-order valence-corrected chi connectivity index (χ1v) is 6.06. The summed E-state index contributed by atoms with van der Waals surface area (Å²) >= 11 is 0. The lowest BCUT2D eigenvalue weighted by atomic mass is 9.92. The van der Waals surface area contributed by atoms with Crippen molar-refractivity contribution in [2.45, 2.75) is 18.3 Å². The van der Waals surface area contributed by atoms with Gasteiger partial charge in [0.05, 0.1) is 6.79 Å². The van der Waals surface area contributed by atoms with Gasteiger partial charge in [-0.2, -0.15) is 0 Å². The summed E-state index contributed by atoms with van der Waals surface area (Å²) in [7, 11) is 0. The second kappa shape index (κ2) is 3.98. The van der Waals surface area contributed by atoms with Crippen LogP contribution in [0.1, 0.15) is 19.8 Å². The molecule has 2 nitrogen and oxygen atoms in total. The standard InChI is InChI=1S/C16H14NO/c17-15(18)16(9-10-16)14-8-4-7-13(11-14)12-5-2-1-3-6-12/h1-8,11,17H,9-10H2/i5T. The van der Waals surface area contributed by atoms with Gasteiger partial charge < -0.3 is 0 Å². The van der Waals surface area contributed by atoms with Gasteiger partial charge in [-0.25, -0.2) is 0 Å². The van der Waals surface area contributed by atoms with Gasteiger partial charge in [-0.05, 0) is 29.5 Å². The Morgan fingerprint density at radius 3 is 2.56 bits per heavy atom. The Morgan fingerprint density at radius 2 is 1.89 bits per heavy atom. The average Bonchev–Trinajstić information content (AvgIpc) is 3.21. The van der Waals surface area contributed by atoms with Crippen LogP contribution in [0.3, 0.4) is 0 Å². The third-order valence-corrected chi connectivity index (χ3v) is 3.62. The first kappa shape index (κ1) is 9.89. The van der Waals surface area contributed by atoms with Crippen LogP contribution in [0.25, 0.3) is 11.1 Å². The van der Waals surface area contributed by atoms with E-state index in [0.29, 0.717) is 6.04 Å². The fourth-order valence-corrected chi connectivity index (χ4v) is 2.33. The molecule has 1 fully saturated rings. The van der Waals surface area contributed by atoms with Crippen LogP contribution in [0.15, 0.2) is 54.6 Å². The Kier molecular flexibility index (Phi) is 2.19. The lowest BCUT2D eigenvalue weighted by Crippen LogP contribution is -2.20. The highest BCUT2D eigenvalue weighted by Gasteiger charge is 2.50. The molecule has 1 N–H and O–H groups in total. The third-order valence-electron chi connectivity index (χ3n) is 3.62. The summed E-state index contributed by atoms with van der Waals surface area (Å²) in [5.74, 6) is -0.496. The Hall–Kier alpha value is -2.09. The van der Waals surface area contributed by atoms with Crippen molar-refractivity contribution in [3.8, 4) is 11.1 Å². The molecule has 2 aromatic carbocycles. The van der Waals surface area contributed by atoms with Crippen molar-refractivity contribution in [1.82, 2.24) is 5.73 Å². The van der Waals surface area contributed by atoms with Crippen LogP contribution < -0.4 is 5.73 Å². The fraction of sp³-hybridized carbons (Fsp3) is 0.188. The lowest BCUT2D eigenvalue weighted by molar-refractivity contribution is -0.121. The average molecular weight is 238 g/mol. The molecular formula is C16H14NO. The molecule has 1 aliphatic rings. The lowest BCUT2D eigenvalue weighted by Gasteiger charge is -2.12. The van der Waals surface area contributed by atoms with Gasteiger partial charge in [0.1, 0.15) is 0 Å². The normalized spacial score (nSPS) is 17.0. The second-order valence-electron chi connectivity index (χ2n) is 4.77. The minimum absolute atomic E-state index is 0.474. The van der Waals surface area contributed by atoms with Gasteiger partial charge >= 0.3 is 0 Å². The van der Waals surface area contributed by atoms with Gasteiger partial charge in [0, 0.05) is 0 Å². The zero-order valence-corrected chi connectivity index (χ0v) is 9.94. The number of hydrogen-bond acceptors (Lipinski definition) is 1. The van der Waals surface area contributed by atoms with E-state index < -0.39 is 11.3 Å². The maximum Gasteiger partial charge on any atom is 0.249 e. The van der Waals surface area contributed by atoms with Gasteiger partial charge in [0.2, 0.25) is 5.91 Å². The van der Waals surface area contributed by atoms with Crippen molar-refractivity contribution in [1.29, 1.82) is 0 Å². The van der Waals surface area contributed by atoms with Crippen LogP contribution in [0.2, 0.25) is 0 Å². The van der Waals surface area contributed by atoms with E-state index in [0.717, 1.165) is 29.5 Å². The molecule has 1 radical (unpaired) electrons. The Labute approximate surface area is 108 Å². The van der Waals surface area contributed by atoms with E-state index in [1.807, 2.05) is 42.5 Å². The van der Waals surface area contributed by atoms with Crippen molar-refractivity contribution in [2.24, 2.45) is 0 Å². The molecule has 0 unspecified atom stereocenters. The minimum atomic E-state index is -0.576. The number of rotatable bonds is 3. The van der Waals surface area contributed by atoms with Crippen LogP contribution in [-0.4, -0.2) is 5.91 Å². The number of carbonyl (C=O) groups is 1. The van der Waals surface area contributed by atoms with Crippen LogP contribution in [0, 0.1) is 0 Å². The molecule has 2 heteroatoms. The minimum Gasteiger partial charge on any atom is -0.272 e. The van der Waals surface area contributed by atoms with Crippen LogP contribution in [0.4, 0.5) is 0 Å². The van der Waals surface area contributed by atoms with Crippen molar-refractivity contribution >= 4 is 5.91 Å². The molecule has 0 heterocycles. The van der Waals surface area contributed by atoms with E-state index in [2.05, 4.69) is 0 Å². The van der Waals surface area contributed by atoms with Crippen molar-refractivity contribution in [3.05, 3.63) is 60.1 Å². The summed E-state index contributed by atoms with van der Waals surface area (Å²) in [5.41, 5.74) is 9.56. The van der Waals surface area contributed by atoms with E-state index in [4.69, 9.17) is 7.10 Å². The first-order valence-electron chi connectivity index (χ1n) is 6.56. The molecular weight excluding hydrogens is 222 g/mol. The van der Waals surface area contributed by atoms with E-state index in [9.17, 15) is 4.79 Å². The van der Waals surface area contributed by atoms with Crippen LogP contribution in [0.5, 0.6) is 0 Å². The summed E-state index contributed by atoms with van der Waals surface area (Å²) in [6.45, 7) is 0. The SMILES string of the molecule is [3H]c1ccccc1-c1cccc(C2(C([NH])=O)CC2)c1. The number of amides is 1. The highest BCUT2D eigenvalue weighted by molar-refractivity contribution is 5.89. The van der Waals surface area contributed by atoms with Gasteiger partial charge in [-0.3, -0.25) is 10.5 Å². The second-order valence-corrected chi connectivity index (χ2v) is 4.77. The molecule has 2 aromatic rings. The molecule has 1 saturated carbocycles. The molecule has 89 valence electrons. The predicted octanol–water partition coefficient (Wildman–Crippen LogP) is 3.19. The van der Waals surface area contributed by atoms with Crippen molar-refractivity contribution in [3.63, 3.8) is 0 Å². The Morgan fingerprint density at radius 1 is 1.11 bits per heavy atom. The quantitative estimate of drug-likeness (QED) is 0.809. The van der Waals surface area contributed by atoms with Gasteiger partial charge in [-0.15, -0.1) is 0 Å². The monoisotopic (exact) mass is 238 g/mol. The molecule has 0 aliphatic heterocycles. The number of hydrogen-bond donors (Lipinski definition) is 0. The van der Waals surface area contributed by atoms with Crippen LogP contribution in [-0.2, 0) is 10.2 Å². The maximum atomic E-state index is 11.5. The summed E-state index contributed by atoms with van der Waals surface area (Å²) in [6, 6.07) is 15.6. The molecule has 0 spiro atoms. The van der Waals surface area contributed by atoms with E-state index >= 15 is 0 Å². The fourth-order valence-electron chi connectivity index (χ4n) is 2.33. The molecule has 0 saturated heterocycles.